The van der Waals surface area contributed by atoms with Crippen LogP contribution in [0.2, 0.25) is 0 Å². The number of nitrogens with two attached hydrogens (primary N) is 1. The van der Waals surface area contributed by atoms with Gasteiger partial charge in [0.25, 0.3) is 0 Å². The summed E-state index contributed by atoms with van der Waals surface area (Å²) in [6, 6.07) is 9.34. The molecule has 110 valence electrons. The first kappa shape index (κ1) is 15.3. The maximum atomic E-state index is 13.8. The summed E-state index contributed by atoms with van der Waals surface area (Å²) >= 11 is 3.27. The number of anilines is 3. The molecule has 0 aliphatic rings. The maximum absolute atomic E-state index is 13.8. The van der Waals surface area contributed by atoms with Crippen molar-refractivity contribution in [3.63, 3.8) is 0 Å². The lowest BCUT2D eigenvalue weighted by molar-refractivity contribution is 0.0526. The third-order valence-electron chi connectivity index (χ3n) is 2.79. The van der Waals surface area contributed by atoms with Crippen LogP contribution in [0.1, 0.15) is 17.3 Å². The molecular formula is C15H14BrFN2O2. The Kier molecular flexibility index (Phi) is 4.80. The van der Waals surface area contributed by atoms with Crippen molar-refractivity contribution in [3.8, 4) is 0 Å². The van der Waals surface area contributed by atoms with E-state index in [-0.39, 0.29) is 5.69 Å². The van der Waals surface area contributed by atoms with E-state index in [1.807, 2.05) is 0 Å². The van der Waals surface area contributed by atoms with E-state index in [9.17, 15) is 9.18 Å². The van der Waals surface area contributed by atoms with Gasteiger partial charge in [-0.05, 0) is 53.2 Å². The monoisotopic (exact) mass is 352 g/mol. The molecule has 0 radical (unpaired) electrons. The number of esters is 1. The molecule has 0 saturated carbocycles. The van der Waals surface area contributed by atoms with Gasteiger partial charge in [-0.25, -0.2) is 9.18 Å². The first-order valence-corrected chi connectivity index (χ1v) is 7.10. The molecule has 2 aromatic rings. The van der Waals surface area contributed by atoms with Crippen LogP contribution in [0.15, 0.2) is 40.9 Å². The molecule has 0 atom stereocenters. The lowest BCUT2D eigenvalue weighted by Gasteiger charge is -2.12. The van der Waals surface area contributed by atoms with Gasteiger partial charge in [0.1, 0.15) is 5.82 Å². The third-order valence-corrected chi connectivity index (χ3v) is 3.45. The highest BCUT2D eigenvalue weighted by atomic mass is 79.9. The number of hydrogen-bond donors (Lipinski definition) is 2. The molecule has 0 aliphatic heterocycles. The van der Waals surface area contributed by atoms with Crippen LogP contribution in [0.5, 0.6) is 0 Å². The van der Waals surface area contributed by atoms with E-state index in [1.54, 1.807) is 31.2 Å². The highest BCUT2D eigenvalue weighted by Gasteiger charge is 2.11. The zero-order chi connectivity index (χ0) is 15.4. The van der Waals surface area contributed by atoms with Crippen molar-refractivity contribution in [2.75, 3.05) is 17.7 Å². The SMILES string of the molecule is CCOC(=O)c1ccc(Nc2c(F)cccc2Br)c(N)c1. The van der Waals surface area contributed by atoms with Crippen molar-refractivity contribution < 1.29 is 13.9 Å². The van der Waals surface area contributed by atoms with E-state index >= 15 is 0 Å². The van der Waals surface area contributed by atoms with Gasteiger partial charge >= 0.3 is 5.97 Å². The number of nitrogen functional groups attached to an aromatic ring is 1. The summed E-state index contributed by atoms with van der Waals surface area (Å²) in [5.74, 6) is -0.846. The van der Waals surface area contributed by atoms with Gasteiger partial charge in [0.05, 0.1) is 29.2 Å². The van der Waals surface area contributed by atoms with Crippen molar-refractivity contribution in [2.45, 2.75) is 6.92 Å². The van der Waals surface area contributed by atoms with Gasteiger partial charge in [-0.2, -0.15) is 0 Å². The number of para-hydroxylation sites is 1. The largest absolute Gasteiger partial charge is 0.462 e. The first-order chi connectivity index (χ1) is 10.0. The Balaban J connectivity index is 2.28. The Morgan fingerprint density at radius 1 is 1.38 bits per heavy atom. The highest BCUT2D eigenvalue weighted by Crippen LogP contribution is 2.31. The Labute approximate surface area is 130 Å². The maximum Gasteiger partial charge on any atom is 0.338 e. The van der Waals surface area contributed by atoms with Crippen LogP contribution in [0.3, 0.4) is 0 Å². The number of carbonyl (C=O) groups is 1. The summed E-state index contributed by atoms with van der Waals surface area (Å²) in [4.78, 5) is 11.6. The van der Waals surface area contributed by atoms with E-state index in [2.05, 4.69) is 21.2 Å². The molecule has 3 N–H and O–H groups in total. The number of hydrogen-bond acceptors (Lipinski definition) is 4. The normalized spacial score (nSPS) is 10.2. The topological polar surface area (TPSA) is 64.3 Å². The number of nitrogens with one attached hydrogen (secondary N) is 1. The summed E-state index contributed by atoms with van der Waals surface area (Å²) in [7, 11) is 0. The number of carbonyl (C=O) groups excluding carboxylic acids is 1. The summed E-state index contributed by atoms with van der Waals surface area (Å²) in [5.41, 5.74) is 7.37. The van der Waals surface area contributed by atoms with Crippen molar-refractivity contribution >= 4 is 39.0 Å². The fourth-order valence-electron chi connectivity index (χ4n) is 1.77. The molecule has 2 rings (SSSR count). The quantitative estimate of drug-likeness (QED) is 0.642. The standard InChI is InChI=1S/C15H14BrFN2O2/c1-2-21-15(20)9-6-7-13(12(18)8-9)19-14-10(16)4-3-5-11(14)17/h3-8,19H,2,18H2,1H3. The average molecular weight is 353 g/mol. The van der Waals surface area contributed by atoms with Crippen LogP contribution in [0, 0.1) is 5.82 Å². The molecule has 21 heavy (non-hydrogen) atoms. The second-order valence-electron chi connectivity index (χ2n) is 4.24. The minimum atomic E-state index is -0.442. The fourth-order valence-corrected chi connectivity index (χ4v) is 2.21. The smallest absolute Gasteiger partial charge is 0.338 e. The Hall–Kier alpha value is -2.08. The molecule has 0 amide bonds. The van der Waals surface area contributed by atoms with Crippen LogP contribution >= 0.6 is 15.9 Å². The van der Waals surface area contributed by atoms with Crippen LogP contribution in [0.4, 0.5) is 21.5 Å². The highest BCUT2D eigenvalue weighted by molar-refractivity contribution is 9.10. The van der Waals surface area contributed by atoms with E-state index in [1.165, 1.54) is 12.1 Å². The van der Waals surface area contributed by atoms with Crippen molar-refractivity contribution in [1.82, 2.24) is 0 Å². The predicted molar refractivity (Wildman–Crippen MR) is 84.2 cm³/mol. The van der Waals surface area contributed by atoms with Crippen molar-refractivity contribution in [2.24, 2.45) is 0 Å². The zero-order valence-corrected chi connectivity index (χ0v) is 12.9. The van der Waals surface area contributed by atoms with E-state index in [4.69, 9.17) is 10.5 Å². The average Bonchev–Trinajstić information content (AvgIpc) is 2.44. The molecule has 0 unspecified atom stereocenters. The molecular weight excluding hydrogens is 339 g/mol. The lowest BCUT2D eigenvalue weighted by atomic mass is 10.1. The number of halogens is 2. The molecule has 2 aromatic carbocycles. The molecule has 4 nitrogen and oxygen atoms in total. The molecule has 0 heterocycles. The Morgan fingerprint density at radius 3 is 2.76 bits per heavy atom. The molecule has 6 heteroatoms. The summed E-state index contributed by atoms with van der Waals surface area (Å²) in [6.07, 6.45) is 0. The van der Waals surface area contributed by atoms with Crippen molar-refractivity contribution in [3.05, 3.63) is 52.3 Å². The van der Waals surface area contributed by atoms with Crippen LogP contribution in [-0.4, -0.2) is 12.6 Å². The predicted octanol–water partition coefficient (Wildman–Crippen LogP) is 4.09. The second-order valence-corrected chi connectivity index (χ2v) is 5.10. The van der Waals surface area contributed by atoms with Gasteiger partial charge in [-0.1, -0.05) is 6.07 Å². The molecule has 0 fully saturated rings. The van der Waals surface area contributed by atoms with Gasteiger partial charge in [0.2, 0.25) is 0 Å². The lowest BCUT2D eigenvalue weighted by Crippen LogP contribution is -2.06. The van der Waals surface area contributed by atoms with Gasteiger partial charge in [0.15, 0.2) is 0 Å². The summed E-state index contributed by atoms with van der Waals surface area (Å²) in [5, 5.41) is 2.91. The summed E-state index contributed by atoms with van der Waals surface area (Å²) in [6.45, 7) is 2.02. The number of ether oxygens (including phenoxy) is 1. The molecule has 0 aromatic heterocycles. The molecule has 0 bridgehead atoms. The van der Waals surface area contributed by atoms with Crippen LogP contribution in [-0.2, 0) is 4.74 Å². The van der Waals surface area contributed by atoms with Crippen molar-refractivity contribution in [1.29, 1.82) is 0 Å². The van der Waals surface area contributed by atoms with Gasteiger partial charge in [-0.3, -0.25) is 0 Å². The van der Waals surface area contributed by atoms with E-state index in [0.717, 1.165) is 0 Å². The Morgan fingerprint density at radius 2 is 2.14 bits per heavy atom. The second kappa shape index (κ2) is 6.58. The fraction of sp³-hybridized carbons (Fsp3) is 0.133. The third kappa shape index (κ3) is 3.52. The van der Waals surface area contributed by atoms with Gasteiger partial charge in [-0.15, -0.1) is 0 Å². The van der Waals surface area contributed by atoms with E-state index in [0.29, 0.717) is 28.0 Å². The first-order valence-electron chi connectivity index (χ1n) is 6.30. The van der Waals surface area contributed by atoms with Crippen LogP contribution < -0.4 is 11.1 Å². The number of benzene rings is 2. The van der Waals surface area contributed by atoms with Gasteiger partial charge in [0, 0.05) is 4.47 Å². The van der Waals surface area contributed by atoms with E-state index < -0.39 is 11.8 Å². The summed E-state index contributed by atoms with van der Waals surface area (Å²) < 4.78 is 19.2. The minimum Gasteiger partial charge on any atom is -0.462 e. The van der Waals surface area contributed by atoms with Crippen LogP contribution in [0.25, 0.3) is 0 Å². The minimum absolute atomic E-state index is 0.285. The Bertz CT molecular complexity index is 656. The molecule has 0 spiro atoms. The molecule has 0 aliphatic carbocycles. The zero-order valence-electron chi connectivity index (χ0n) is 11.3. The number of rotatable bonds is 4. The van der Waals surface area contributed by atoms with Gasteiger partial charge < -0.3 is 15.8 Å². The molecule has 0 saturated heterocycles.